The van der Waals surface area contributed by atoms with Gasteiger partial charge in [0, 0.05) is 0 Å². The molecule has 0 radical (unpaired) electrons. The summed E-state index contributed by atoms with van der Waals surface area (Å²) in [6.45, 7) is 16.4. The first-order chi connectivity index (χ1) is 16.3. The molecular formula is C29H58O4Si. The third-order valence-corrected chi connectivity index (χ3v) is 12.8. The van der Waals surface area contributed by atoms with Crippen molar-refractivity contribution >= 4 is 20.0 Å². The molecule has 0 heterocycles. The molecule has 0 aromatic rings. The van der Waals surface area contributed by atoms with Gasteiger partial charge in [-0.05, 0) is 24.7 Å². The predicted molar refractivity (Wildman–Crippen MR) is 148 cm³/mol. The molecule has 0 aromatic carbocycles. The lowest BCUT2D eigenvalue weighted by Crippen LogP contribution is -2.42. The van der Waals surface area contributed by atoms with E-state index in [2.05, 4.69) is 48.1 Å². The van der Waals surface area contributed by atoms with E-state index in [1.165, 1.54) is 12.8 Å². The quantitative estimate of drug-likeness (QED) is 0.110. The summed E-state index contributed by atoms with van der Waals surface area (Å²) < 4.78 is 11.7. The molecule has 0 bridgehead atoms. The van der Waals surface area contributed by atoms with Gasteiger partial charge in [0.2, 0.25) is 0 Å². The van der Waals surface area contributed by atoms with E-state index < -0.39 is 8.07 Å². The molecule has 0 spiro atoms. The Hall–Kier alpha value is -0.843. The molecule has 4 nitrogen and oxygen atoms in total. The molecule has 0 aliphatic heterocycles. The first kappa shape index (κ1) is 33.2. The van der Waals surface area contributed by atoms with Gasteiger partial charge in [0.05, 0.1) is 33.2 Å². The molecule has 0 saturated heterocycles. The van der Waals surface area contributed by atoms with Crippen LogP contribution in [0.5, 0.6) is 0 Å². The van der Waals surface area contributed by atoms with Gasteiger partial charge >= 0.3 is 11.9 Å². The van der Waals surface area contributed by atoms with Crippen molar-refractivity contribution in [2.24, 2.45) is 11.8 Å². The second kappa shape index (κ2) is 20.4. The van der Waals surface area contributed by atoms with Gasteiger partial charge < -0.3 is 9.47 Å². The van der Waals surface area contributed by atoms with Gasteiger partial charge in [-0.15, -0.1) is 0 Å². The van der Waals surface area contributed by atoms with Crippen molar-refractivity contribution in [3.05, 3.63) is 0 Å². The number of hydrogen-bond donors (Lipinski definition) is 0. The molecule has 0 aliphatic rings. The van der Waals surface area contributed by atoms with Gasteiger partial charge in [-0.1, -0.05) is 124 Å². The molecule has 0 aromatic heterocycles. The van der Waals surface area contributed by atoms with E-state index in [0.717, 1.165) is 76.3 Å². The van der Waals surface area contributed by atoms with Crippen molar-refractivity contribution in [1.82, 2.24) is 0 Å². The maximum atomic E-state index is 13.5. The molecule has 34 heavy (non-hydrogen) atoms. The van der Waals surface area contributed by atoms with Gasteiger partial charge in [0.15, 0.2) is 0 Å². The topological polar surface area (TPSA) is 52.6 Å². The van der Waals surface area contributed by atoms with Crippen molar-refractivity contribution in [1.29, 1.82) is 0 Å². The lowest BCUT2D eigenvalue weighted by atomic mass is 10.0. The third-order valence-electron chi connectivity index (χ3n) is 7.73. The first-order valence-corrected chi connectivity index (χ1v) is 17.6. The summed E-state index contributed by atoms with van der Waals surface area (Å²) in [6.07, 6.45) is 13.6. The number of unbranched alkanes of at least 4 members (excludes halogenated alkanes) is 4. The van der Waals surface area contributed by atoms with Gasteiger partial charge in [0.1, 0.15) is 0 Å². The summed E-state index contributed by atoms with van der Waals surface area (Å²) in [7, 11) is -2.02. The minimum absolute atomic E-state index is 0.133. The number of carbonyl (C=O) groups is 2. The van der Waals surface area contributed by atoms with Crippen LogP contribution in [0.3, 0.4) is 0 Å². The van der Waals surface area contributed by atoms with Crippen molar-refractivity contribution in [2.75, 3.05) is 13.2 Å². The zero-order valence-corrected chi connectivity index (χ0v) is 24.9. The highest BCUT2D eigenvalue weighted by Crippen LogP contribution is 2.37. The van der Waals surface area contributed by atoms with E-state index in [0.29, 0.717) is 25.0 Å². The van der Waals surface area contributed by atoms with Crippen LogP contribution in [0, 0.1) is 11.8 Å². The van der Waals surface area contributed by atoms with Gasteiger partial charge in [-0.3, -0.25) is 9.59 Å². The summed E-state index contributed by atoms with van der Waals surface area (Å²) >= 11 is 0. The summed E-state index contributed by atoms with van der Waals surface area (Å²) in [5.41, 5.74) is -0.294. The Bertz CT molecular complexity index is 514. The fourth-order valence-electron chi connectivity index (χ4n) is 4.78. The van der Waals surface area contributed by atoms with Crippen molar-refractivity contribution < 1.29 is 19.1 Å². The largest absolute Gasteiger partial charge is 0.465 e. The van der Waals surface area contributed by atoms with Crippen molar-refractivity contribution in [3.8, 4) is 0 Å². The molecule has 5 heteroatoms. The molecule has 202 valence electrons. The average molecular weight is 499 g/mol. The summed E-state index contributed by atoms with van der Waals surface area (Å²) in [6, 6.07) is 2.16. The second-order valence-electron chi connectivity index (χ2n) is 10.8. The summed E-state index contributed by atoms with van der Waals surface area (Å²) in [5.74, 6) is 0.495. The van der Waals surface area contributed by atoms with Crippen LogP contribution < -0.4 is 0 Å². The van der Waals surface area contributed by atoms with E-state index in [-0.39, 0.29) is 23.9 Å². The molecule has 3 unspecified atom stereocenters. The number of hydrogen-bond acceptors (Lipinski definition) is 4. The first-order valence-electron chi connectivity index (χ1n) is 14.6. The molecule has 0 rings (SSSR count). The average Bonchev–Trinajstić information content (AvgIpc) is 2.84. The van der Waals surface area contributed by atoms with E-state index in [1.54, 1.807) is 0 Å². The molecular weight excluding hydrogens is 440 g/mol. The normalized spacial score (nSPS) is 14.4. The van der Waals surface area contributed by atoms with Gasteiger partial charge in [-0.25, -0.2) is 0 Å². The zero-order chi connectivity index (χ0) is 25.8. The number of rotatable bonds is 22. The van der Waals surface area contributed by atoms with Crippen LogP contribution in [-0.2, 0) is 19.1 Å². The van der Waals surface area contributed by atoms with Gasteiger partial charge in [-0.2, -0.15) is 0 Å². The lowest BCUT2D eigenvalue weighted by molar-refractivity contribution is -0.152. The fourth-order valence-corrected chi connectivity index (χ4v) is 9.36. The highest BCUT2D eigenvalue weighted by atomic mass is 28.3. The third kappa shape index (κ3) is 13.9. The Morgan fingerprint density at radius 3 is 1.53 bits per heavy atom. The van der Waals surface area contributed by atoms with Crippen molar-refractivity contribution in [2.45, 2.75) is 149 Å². The van der Waals surface area contributed by atoms with Crippen LogP contribution >= 0.6 is 0 Å². The Morgan fingerprint density at radius 1 is 0.676 bits per heavy atom. The minimum atomic E-state index is -2.02. The standard InChI is InChI=1S/C29H58O4Si/c1-8-14-18-25(12-5)23-32-28(30)22-27(34(7,20-16-10-3)21-17-11-4)29(31)33-24-26(13-6)19-15-9-2/h25-27H,8-24H2,1-7H3. The van der Waals surface area contributed by atoms with Crippen LogP contribution in [0.25, 0.3) is 0 Å². The SMILES string of the molecule is CCCCC(CC)COC(=O)CC(C(=O)OCC(CC)CCCC)[Si](C)(CCCC)CCCC. The van der Waals surface area contributed by atoms with E-state index in [4.69, 9.17) is 9.47 Å². The van der Waals surface area contributed by atoms with Crippen LogP contribution in [0.1, 0.15) is 125 Å². The van der Waals surface area contributed by atoms with E-state index >= 15 is 0 Å². The lowest BCUT2D eigenvalue weighted by Gasteiger charge is -2.35. The molecule has 0 aliphatic carbocycles. The maximum absolute atomic E-state index is 13.5. The van der Waals surface area contributed by atoms with Crippen LogP contribution in [0.2, 0.25) is 24.2 Å². The second-order valence-corrected chi connectivity index (χ2v) is 15.8. The Kier molecular flexibility index (Phi) is 19.9. The smallest absolute Gasteiger partial charge is 0.306 e. The van der Waals surface area contributed by atoms with Crippen LogP contribution in [0.15, 0.2) is 0 Å². The summed E-state index contributed by atoms with van der Waals surface area (Å²) in [4.78, 5) is 26.5. The molecule has 0 fully saturated rings. The molecule has 0 N–H and O–H groups in total. The van der Waals surface area contributed by atoms with Gasteiger partial charge in [0.25, 0.3) is 0 Å². The maximum Gasteiger partial charge on any atom is 0.306 e. The van der Waals surface area contributed by atoms with E-state index in [9.17, 15) is 9.59 Å². The Morgan fingerprint density at radius 2 is 1.12 bits per heavy atom. The van der Waals surface area contributed by atoms with Crippen LogP contribution in [-0.4, -0.2) is 33.2 Å². The zero-order valence-electron chi connectivity index (χ0n) is 23.9. The number of ether oxygens (including phenoxy) is 2. The molecule has 0 saturated carbocycles. The highest BCUT2D eigenvalue weighted by molar-refractivity contribution is 6.82. The Labute approximate surface area is 213 Å². The number of carbonyl (C=O) groups excluding carboxylic acids is 2. The fraction of sp³-hybridized carbons (Fsp3) is 0.931. The molecule has 3 atom stereocenters. The monoisotopic (exact) mass is 498 g/mol. The minimum Gasteiger partial charge on any atom is -0.465 e. The van der Waals surface area contributed by atoms with Crippen molar-refractivity contribution in [3.63, 3.8) is 0 Å². The molecule has 0 amide bonds. The Balaban J connectivity index is 5.43. The summed E-state index contributed by atoms with van der Waals surface area (Å²) in [5, 5.41) is 0. The highest BCUT2D eigenvalue weighted by Gasteiger charge is 2.42. The van der Waals surface area contributed by atoms with Crippen LogP contribution in [0.4, 0.5) is 0 Å². The number of esters is 2. The predicted octanol–water partition coefficient (Wildman–Crippen LogP) is 8.94. The van der Waals surface area contributed by atoms with E-state index in [1.807, 2.05) is 0 Å².